The van der Waals surface area contributed by atoms with Gasteiger partial charge in [-0.25, -0.2) is 0 Å². The number of rotatable bonds is 6. The average molecular weight is 311 g/mol. The smallest absolute Gasteiger partial charge is 0.221 e. The van der Waals surface area contributed by atoms with Crippen LogP contribution < -0.4 is 10.6 Å². The summed E-state index contributed by atoms with van der Waals surface area (Å²) >= 11 is 3.42. The Hall–Kier alpha value is -0.870. The Bertz CT molecular complexity index is 401. The van der Waals surface area contributed by atoms with Crippen molar-refractivity contribution in [2.24, 2.45) is 0 Å². The second-order valence-corrected chi connectivity index (χ2v) is 5.73. The van der Waals surface area contributed by atoms with Crippen LogP contribution in [-0.4, -0.2) is 18.5 Å². The molecule has 0 radical (unpaired) electrons. The first-order valence-electron chi connectivity index (χ1n) is 6.43. The fraction of sp³-hybridized carbons (Fsp3) is 0.500. The molecule has 1 unspecified atom stereocenters. The summed E-state index contributed by atoms with van der Waals surface area (Å²) in [6.45, 7) is 2.83. The quantitative estimate of drug-likeness (QED) is 0.848. The molecule has 3 nitrogen and oxygen atoms in total. The summed E-state index contributed by atoms with van der Waals surface area (Å²) in [7, 11) is 0. The Labute approximate surface area is 116 Å². The van der Waals surface area contributed by atoms with Gasteiger partial charge in [-0.2, -0.15) is 0 Å². The van der Waals surface area contributed by atoms with Crippen LogP contribution in [0, 0.1) is 0 Å². The first-order valence-corrected chi connectivity index (χ1v) is 7.22. The number of halogens is 1. The second-order valence-electron chi connectivity index (χ2n) is 4.82. The molecule has 2 N–H and O–H groups in total. The zero-order valence-corrected chi connectivity index (χ0v) is 12.2. The van der Waals surface area contributed by atoms with Crippen molar-refractivity contribution in [3.05, 3.63) is 34.3 Å². The third-order valence-electron chi connectivity index (χ3n) is 3.12. The molecule has 0 saturated heterocycles. The second kappa shape index (κ2) is 6.34. The molecule has 18 heavy (non-hydrogen) atoms. The van der Waals surface area contributed by atoms with E-state index in [1.807, 2.05) is 12.1 Å². The van der Waals surface area contributed by atoms with E-state index in [0.717, 1.165) is 23.9 Å². The van der Waals surface area contributed by atoms with Crippen molar-refractivity contribution in [3.63, 3.8) is 0 Å². The van der Waals surface area contributed by atoms with Crippen molar-refractivity contribution in [1.82, 2.24) is 10.6 Å². The van der Waals surface area contributed by atoms with Crippen molar-refractivity contribution in [2.75, 3.05) is 6.54 Å². The van der Waals surface area contributed by atoms with Crippen LogP contribution in [0.1, 0.15) is 37.8 Å². The first kappa shape index (κ1) is 13.6. The van der Waals surface area contributed by atoms with E-state index in [1.54, 1.807) is 0 Å². The van der Waals surface area contributed by atoms with E-state index in [0.29, 0.717) is 12.5 Å². The van der Waals surface area contributed by atoms with Gasteiger partial charge in [0.1, 0.15) is 0 Å². The lowest BCUT2D eigenvalue weighted by Crippen LogP contribution is -2.30. The van der Waals surface area contributed by atoms with Crippen LogP contribution in [0.2, 0.25) is 0 Å². The minimum Gasteiger partial charge on any atom is -0.353 e. The zero-order chi connectivity index (χ0) is 13.0. The van der Waals surface area contributed by atoms with Crippen LogP contribution in [0.15, 0.2) is 28.7 Å². The lowest BCUT2D eigenvalue weighted by molar-refractivity contribution is -0.121. The summed E-state index contributed by atoms with van der Waals surface area (Å²) in [5.74, 6) is 0.160. The normalized spacial score (nSPS) is 16.3. The number of carbonyl (C=O) groups is 1. The van der Waals surface area contributed by atoms with E-state index < -0.39 is 0 Å². The molecule has 0 bridgehead atoms. The lowest BCUT2D eigenvalue weighted by atomic mass is 10.1. The monoisotopic (exact) mass is 310 g/mol. The van der Waals surface area contributed by atoms with Gasteiger partial charge >= 0.3 is 0 Å². The molecule has 1 aromatic rings. The maximum absolute atomic E-state index is 11.5. The van der Waals surface area contributed by atoms with Crippen molar-refractivity contribution in [1.29, 1.82) is 0 Å². The van der Waals surface area contributed by atoms with Crippen LogP contribution >= 0.6 is 15.9 Å². The molecule has 0 aliphatic heterocycles. The molecule has 1 fully saturated rings. The van der Waals surface area contributed by atoms with Gasteiger partial charge in [-0.1, -0.05) is 28.1 Å². The van der Waals surface area contributed by atoms with Crippen molar-refractivity contribution < 1.29 is 4.79 Å². The highest BCUT2D eigenvalue weighted by Gasteiger charge is 2.22. The summed E-state index contributed by atoms with van der Waals surface area (Å²) in [6.07, 6.45) is 2.85. The Morgan fingerprint density at radius 2 is 2.06 bits per heavy atom. The van der Waals surface area contributed by atoms with E-state index in [-0.39, 0.29) is 11.9 Å². The molecule has 1 aromatic carbocycles. The first-order chi connectivity index (χ1) is 8.65. The molecule has 2 rings (SSSR count). The molecular formula is C14H19BrN2O. The minimum atomic E-state index is 0.160. The minimum absolute atomic E-state index is 0.160. The largest absolute Gasteiger partial charge is 0.353 e. The van der Waals surface area contributed by atoms with E-state index >= 15 is 0 Å². The van der Waals surface area contributed by atoms with Gasteiger partial charge < -0.3 is 10.6 Å². The molecule has 0 spiro atoms. The van der Waals surface area contributed by atoms with Crippen molar-refractivity contribution in [2.45, 2.75) is 38.3 Å². The fourth-order valence-electron chi connectivity index (χ4n) is 1.80. The molecule has 0 aromatic heterocycles. The molecule has 1 aliphatic carbocycles. The van der Waals surface area contributed by atoms with Gasteiger partial charge in [0, 0.05) is 29.5 Å². The third-order valence-corrected chi connectivity index (χ3v) is 3.64. The Morgan fingerprint density at radius 3 is 2.67 bits per heavy atom. The van der Waals surface area contributed by atoms with Crippen molar-refractivity contribution in [3.8, 4) is 0 Å². The highest BCUT2D eigenvalue weighted by atomic mass is 79.9. The van der Waals surface area contributed by atoms with E-state index in [2.05, 4.69) is 45.6 Å². The van der Waals surface area contributed by atoms with Crippen molar-refractivity contribution >= 4 is 21.8 Å². The summed E-state index contributed by atoms with van der Waals surface area (Å²) in [6, 6.07) is 8.98. The predicted octanol–water partition coefficient (Wildman–Crippen LogP) is 2.77. The van der Waals surface area contributed by atoms with Crippen LogP contribution in [0.4, 0.5) is 0 Å². The summed E-state index contributed by atoms with van der Waals surface area (Å²) in [5, 5.41) is 6.36. The third kappa shape index (κ3) is 4.42. The zero-order valence-electron chi connectivity index (χ0n) is 10.6. The molecule has 0 heterocycles. The van der Waals surface area contributed by atoms with E-state index in [9.17, 15) is 4.79 Å². The molecule has 1 saturated carbocycles. The highest BCUT2D eigenvalue weighted by Crippen LogP contribution is 2.19. The maximum Gasteiger partial charge on any atom is 0.221 e. The summed E-state index contributed by atoms with van der Waals surface area (Å²) < 4.78 is 1.09. The van der Waals surface area contributed by atoms with Gasteiger partial charge in [-0.3, -0.25) is 4.79 Å². The van der Waals surface area contributed by atoms with Gasteiger partial charge in [-0.05, 0) is 37.5 Å². The number of nitrogens with one attached hydrogen (secondary N) is 2. The van der Waals surface area contributed by atoms with Crippen LogP contribution in [0.5, 0.6) is 0 Å². The highest BCUT2D eigenvalue weighted by molar-refractivity contribution is 9.10. The Morgan fingerprint density at radius 1 is 1.39 bits per heavy atom. The van der Waals surface area contributed by atoms with E-state index in [1.165, 1.54) is 5.56 Å². The van der Waals surface area contributed by atoms with Gasteiger partial charge in [0.2, 0.25) is 5.91 Å². The summed E-state index contributed by atoms with van der Waals surface area (Å²) in [4.78, 5) is 11.5. The Balaban J connectivity index is 1.68. The summed E-state index contributed by atoms with van der Waals surface area (Å²) in [5.41, 5.74) is 1.24. The molecule has 1 aliphatic rings. The molecule has 98 valence electrons. The van der Waals surface area contributed by atoms with Gasteiger partial charge in [-0.15, -0.1) is 0 Å². The maximum atomic E-state index is 11.5. The lowest BCUT2D eigenvalue weighted by Gasteiger charge is -2.14. The number of amides is 1. The number of carbonyl (C=O) groups excluding carboxylic acids is 1. The number of benzene rings is 1. The standard InChI is InChI=1S/C14H19BrN2O/c1-10(11-2-4-12(15)5-3-11)16-9-8-14(18)17-13-6-7-13/h2-5,10,13,16H,6-9H2,1H3,(H,17,18). The van der Waals surface area contributed by atoms with Gasteiger partial charge in [0.05, 0.1) is 0 Å². The van der Waals surface area contributed by atoms with Crippen LogP contribution in [0.25, 0.3) is 0 Å². The van der Waals surface area contributed by atoms with Crippen LogP contribution in [-0.2, 0) is 4.79 Å². The van der Waals surface area contributed by atoms with Gasteiger partial charge in [0.15, 0.2) is 0 Å². The van der Waals surface area contributed by atoms with Gasteiger partial charge in [0.25, 0.3) is 0 Å². The Kier molecular flexibility index (Phi) is 4.78. The average Bonchev–Trinajstić information content (AvgIpc) is 3.13. The molecular weight excluding hydrogens is 292 g/mol. The molecule has 1 atom stereocenters. The van der Waals surface area contributed by atoms with Crippen LogP contribution in [0.3, 0.4) is 0 Å². The topological polar surface area (TPSA) is 41.1 Å². The fourth-order valence-corrected chi connectivity index (χ4v) is 2.06. The number of hydrogen-bond acceptors (Lipinski definition) is 2. The molecule has 4 heteroatoms. The number of hydrogen-bond donors (Lipinski definition) is 2. The predicted molar refractivity (Wildman–Crippen MR) is 76.3 cm³/mol. The molecule has 1 amide bonds. The SMILES string of the molecule is CC(NCCC(=O)NC1CC1)c1ccc(Br)cc1. The van der Waals surface area contributed by atoms with E-state index in [4.69, 9.17) is 0 Å².